The Hall–Kier alpha value is -1.95. The Bertz CT molecular complexity index is 730. The predicted molar refractivity (Wildman–Crippen MR) is 109 cm³/mol. The zero-order valence-electron chi connectivity index (χ0n) is 17.6. The number of aryl methyl sites for hydroxylation is 1. The fraction of sp³-hybridized carbons (Fsp3) is 0.667. The van der Waals surface area contributed by atoms with Crippen molar-refractivity contribution in [3.8, 4) is 0 Å². The summed E-state index contributed by atoms with van der Waals surface area (Å²) in [6.07, 6.45) is 3.59. The molecule has 1 saturated heterocycles. The van der Waals surface area contributed by atoms with E-state index < -0.39 is 0 Å². The summed E-state index contributed by atoms with van der Waals surface area (Å²) in [6.45, 7) is 15.5. The molecule has 1 aliphatic heterocycles. The Labute approximate surface area is 163 Å². The van der Waals surface area contributed by atoms with Gasteiger partial charge in [-0.1, -0.05) is 25.5 Å². The molecule has 0 unspecified atom stereocenters. The second-order valence-corrected chi connectivity index (χ2v) is 8.13. The molecule has 0 spiro atoms. The molecule has 148 valence electrons. The second kappa shape index (κ2) is 8.83. The van der Waals surface area contributed by atoms with E-state index in [2.05, 4.69) is 73.2 Å². The minimum atomic E-state index is 0.301. The molecule has 1 fully saturated rings. The van der Waals surface area contributed by atoms with Crippen LogP contribution in [0.15, 0.2) is 18.2 Å². The first-order valence-electron chi connectivity index (χ1n) is 10.5. The second-order valence-electron chi connectivity index (χ2n) is 8.13. The highest BCUT2D eigenvalue weighted by molar-refractivity contribution is 5.56. The van der Waals surface area contributed by atoms with E-state index >= 15 is 0 Å². The van der Waals surface area contributed by atoms with Crippen molar-refractivity contribution in [2.45, 2.75) is 66.0 Å². The summed E-state index contributed by atoms with van der Waals surface area (Å²) in [5, 5.41) is 12.7. The number of piperazine rings is 1. The van der Waals surface area contributed by atoms with Crippen LogP contribution in [0.4, 0.5) is 5.69 Å². The summed E-state index contributed by atoms with van der Waals surface area (Å²) in [7, 11) is 0. The van der Waals surface area contributed by atoms with E-state index in [0.29, 0.717) is 12.1 Å². The molecule has 3 rings (SSSR count). The van der Waals surface area contributed by atoms with E-state index in [0.717, 1.165) is 38.4 Å². The van der Waals surface area contributed by atoms with E-state index in [4.69, 9.17) is 0 Å². The van der Waals surface area contributed by atoms with Crippen LogP contribution >= 0.6 is 0 Å². The Morgan fingerprint density at radius 1 is 1.15 bits per heavy atom. The van der Waals surface area contributed by atoms with Gasteiger partial charge in [0.1, 0.15) is 6.04 Å². The molecular formula is C21H35N6+. The number of unbranched alkanes of at least 4 members (excludes halogenated alkanes) is 1. The van der Waals surface area contributed by atoms with Gasteiger partial charge < -0.3 is 9.80 Å². The van der Waals surface area contributed by atoms with Gasteiger partial charge in [-0.2, -0.15) is 0 Å². The molecule has 1 N–H and O–H groups in total. The molecule has 0 bridgehead atoms. The minimum Gasteiger partial charge on any atom is -0.360 e. The maximum atomic E-state index is 4.44. The lowest BCUT2D eigenvalue weighted by molar-refractivity contribution is -0.933. The van der Waals surface area contributed by atoms with Crippen LogP contribution in [0.25, 0.3) is 0 Å². The largest absolute Gasteiger partial charge is 0.360 e. The molecule has 6 heteroatoms. The van der Waals surface area contributed by atoms with Gasteiger partial charge in [0.2, 0.25) is 5.82 Å². The SMILES string of the molecule is CCCC[C@H](c1nnnn1C(C)C)[NH+]1CCN(c2cccc(C)c2C)CC1. The van der Waals surface area contributed by atoms with Gasteiger partial charge in [-0.05, 0) is 61.7 Å². The number of tetrazole rings is 1. The van der Waals surface area contributed by atoms with Crippen molar-refractivity contribution >= 4 is 5.69 Å². The van der Waals surface area contributed by atoms with Crippen LogP contribution in [-0.2, 0) is 0 Å². The maximum Gasteiger partial charge on any atom is 0.209 e. The van der Waals surface area contributed by atoms with Gasteiger partial charge in [-0.25, -0.2) is 4.68 Å². The number of aromatic nitrogens is 4. The highest BCUT2D eigenvalue weighted by Crippen LogP contribution is 2.23. The van der Waals surface area contributed by atoms with Crippen molar-refractivity contribution in [1.29, 1.82) is 0 Å². The number of hydrogen-bond acceptors (Lipinski definition) is 4. The fourth-order valence-electron chi connectivity index (χ4n) is 4.18. The van der Waals surface area contributed by atoms with Crippen LogP contribution in [0.5, 0.6) is 0 Å². The van der Waals surface area contributed by atoms with Crippen LogP contribution in [-0.4, -0.2) is 46.4 Å². The van der Waals surface area contributed by atoms with Crippen molar-refractivity contribution in [2.24, 2.45) is 0 Å². The van der Waals surface area contributed by atoms with Crippen molar-refractivity contribution in [2.75, 3.05) is 31.1 Å². The third-order valence-electron chi connectivity index (χ3n) is 5.98. The van der Waals surface area contributed by atoms with E-state index in [1.807, 2.05) is 4.68 Å². The summed E-state index contributed by atoms with van der Waals surface area (Å²) in [5.74, 6) is 1.06. The van der Waals surface area contributed by atoms with E-state index in [1.54, 1.807) is 4.90 Å². The molecule has 27 heavy (non-hydrogen) atoms. The molecule has 0 saturated carbocycles. The average Bonchev–Trinajstić information content (AvgIpc) is 3.15. The van der Waals surface area contributed by atoms with E-state index in [-0.39, 0.29) is 0 Å². The van der Waals surface area contributed by atoms with Gasteiger partial charge in [0.05, 0.1) is 32.2 Å². The monoisotopic (exact) mass is 371 g/mol. The first-order valence-corrected chi connectivity index (χ1v) is 10.5. The van der Waals surface area contributed by atoms with E-state index in [1.165, 1.54) is 29.7 Å². The molecule has 6 nitrogen and oxygen atoms in total. The van der Waals surface area contributed by atoms with E-state index in [9.17, 15) is 0 Å². The number of hydrogen-bond donors (Lipinski definition) is 1. The molecule has 1 aliphatic rings. The third-order valence-corrected chi connectivity index (χ3v) is 5.98. The lowest BCUT2D eigenvalue weighted by atomic mass is 10.0. The highest BCUT2D eigenvalue weighted by Gasteiger charge is 2.33. The molecule has 0 radical (unpaired) electrons. The Morgan fingerprint density at radius 2 is 1.89 bits per heavy atom. The Kier molecular flexibility index (Phi) is 6.47. The normalized spacial score (nSPS) is 16.9. The summed E-state index contributed by atoms with van der Waals surface area (Å²) in [4.78, 5) is 4.18. The Morgan fingerprint density at radius 3 is 2.56 bits per heavy atom. The van der Waals surface area contributed by atoms with Gasteiger partial charge in [0.15, 0.2) is 0 Å². The first-order chi connectivity index (χ1) is 13.0. The van der Waals surface area contributed by atoms with Crippen LogP contribution < -0.4 is 9.80 Å². The molecule has 0 aliphatic carbocycles. The number of nitrogens with zero attached hydrogens (tertiary/aromatic N) is 5. The number of rotatable bonds is 7. The van der Waals surface area contributed by atoms with Gasteiger partial charge >= 0.3 is 0 Å². The first kappa shape index (κ1) is 19.8. The summed E-state index contributed by atoms with van der Waals surface area (Å²) >= 11 is 0. The van der Waals surface area contributed by atoms with Gasteiger partial charge in [0, 0.05) is 12.1 Å². The maximum absolute atomic E-state index is 4.44. The minimum absolute atomic E-state index is 0.301. The quantitative estimate of drug-likeness (QED) is 0.812. The number of quaternary nitrogens is 1. The van der Waals surface area contributed by atoms with Gasteiger partial charge in [-0.3, -0.25) is 0 Å². The number of nitrogens with one attached hydrogen (secondary N) is 1. The molecule has 2 heterocycles. The topological polar surface area (TPSA) is 51.3 Å². The summed E-state index contributed by atoms with van der Waals surface area (Å²) in [6, 6.07) is 7.34. The van der Waals surface area contributed by atoms with Crippen LogP contribution in [0.3, 0.4) is 0 Å². The zero-order chi connectivity index (χ0) is 19.4. The third kappa shape index (κ3) is 4.32. The smallest absolute Gasteiger partial charge is 0.209 e. The molecule has 1 aromatic carbocycles. The van der Waals surface area contributed by atoms with Crippen LogP contribution in [0.1, 0.15) is 69.1 Å². The molecule has 1 aromatic heterocycles. The number of benzene rings is 1. The molecule has 1 atom stereocenters. The fourth-order valence-corrected chi connectivity index (χ4v) is 4.18. The predicted octanol–water partition coefficient (Wildman–Crippen LogP) is 2.51. The standard InChI is InChI=1S/C21H34N6/c1-6-7-10-20(21-22-23-24-27(21)16(2)3)26-14-12-25(13-15-26)19-11-8-9-17(4)18(19)5/h8-9,11,16,20H,6-7,10,12-15H2,1-5H3/p+1/t20-/m1/s1. The highest BCUT2D eigenvalue weighted by atomic mass is 15.6. The Balaban J connectivity index is 1.74. The van der Waals surface area contributed by atoms with Gasteiger partial charge in [-0.15, -0.1) is 5.10 Å². The number of anilines is 1. The van der Waals surface area contributed by atoms with Crippen molar-refractivity contribution in [3.05, 3.63) is 35.2 Å². The summed E-state index contributed by atoms with van der Waals surface area (Å²) < 4.78 is 2.02. The van der Waals surface area contributed by atoms with Crippen LogP contribution in [0, 0.1) is 13.8 Å². The van der Waals surface area contributed by atoms with Crippen molar-refractivity contribution < 1.29 is 4.90 Å². The van der Waals surface area contributed by atoms with Crippen molar-refractivity contribution in [3.63, 3.8) is 0 Å². The zero-order valence-corrected chi connectivity index (χ0v) is 17.6. The lowest BCUT2D eigenvalue weighted by Gasteiger charge is -2.38. The molecular weight excluding hydrogens is 336 g/mol. The van der Waals surface area contributed by atoms with Crippen molar-refractivity contribution in [1.82, 2.24) is 20.2 Å². The molecule has 2 aromatic rings. The van der Waals surface area contributed by atoms with Gasteiger partial charge in [0.25, 0.3) is 0 Å². The lowest BCUT2D eigenvalue weighted by Crippen LogP contribution is -3.15. The average molecular weight is 372 g/mol. The van der Waals surface area contributed by atoms with Crippen LogP contribution in [0.2, 0.25) is 0 Å². The summed E-state index contributed by atoms with van der Waals surface area (Å²) in [5.41, 5.74) is 4.18. The molecule has 0 amide bonds.